The van der Waals surface area contributed by atoms with E-state index in [0.717, 1.165) is 13.1 Å². The molecule has 2 heterocycles. The normalized spacial score (nSPS) is 26.7. The number of nitrogens with one attached hydrogen (secondary N) is 1. The molecule has 0 bridgehead atoms. The lowest BCUT2D eigenvalue weighted by molar-refractivity contribution is 0.355. The largest absolute Gasteiger partial charge is 0.363 e. The van der Waals surface area contributed by atoms with E-state index in [4.69, 9.17) is 0 Å². The highest BCUT2D eigenvalue weighted by Crippen LogP contribution is 2.23. The highest BCUT2D eigenvalue weighted by Gasteiger charge is 2.22. The van der Waals surface area contributed by atoms with Gasteiger partial charge < -0.3 is 4.90 Å². The molecule has 15 heavy (non-hydrogen) atoms. The van der Waals surface area contributed by atoms with E-state index < -0.39 is 0 Å². The van der Waals surface area contributed by atoms with Gasteiger partial charge in [-0.3, -0.25) is 0 Å². The molecule has 2 atom stereocenters. The molecule has 5 heteroatoms. The number of rotatable bonds is 1. The van der Waals surface area contributed by atoms with Gasteiger partial charge in [0.05, 0.1) is 6.20 Å². The van der Waals surface area contributed by atoms with Crippen LogP contribution in [0.15, 0.2) is 11.0 Å². The van der Waals surface area contributed by atoms with Crippen LogP contribution in [0.4, 0.5) is 5.82 Å². The van der Waals surface area contributed by atoms with E-state index in [2.05, 4.69) is 33.9 Å². The molecule has 0 aliphatic carbocycles. The molecular weight excluding hydrogens is 192 g/mol. The fourth-order valence-electron chi connectivity index (χ4n) is 2.31. The smallest absolute Gasteiger partial charge is 0.355 e. The van der Waals surface area contributed by atoms with Crippen molar-refractivity contribution in [3.63, 3.8) is 0 Å². The van der Waals surface area contributed by atoms with Crippen molar-refractivity contribution in [3.05, 3.63) is 16.7 Å². The number of H-pyrrole nitrogens is 1. The second kappa shape index (κ2) is 4.00. The van der Waals surface area contributed by atoms with E-state index in [9.17, 15) is 4.79 Å². The first-order valence-electron chi connectivity index (χ1n) is 5.32. The zero-order valence-electron chi connectivity index (χ0n) is 9.10. The maximum absolute atomic E-state index is 11.0. The van der Waals surface area contributed by atoms with E-state index in [1.807, 2.05) is 0 Å². The molecule has 0 amide bonds. The van der Waals surface area contributed by atoms with E-state index in [0.29, 0.717) is 17.7 Å². The van der Waals surface area contributed by atoms with Crippen molar-refractivity contribution >= 4 is 5.82 Å². The third-order valence-corrected chi connectivity index (χ3v) is 2.75. The van der Waals surface area contributed by atoms with Crippen molar-refractivity contribution in [1.82, 2.24) is 15.2 Å². The summed E-state index contributed by atoms with van der Waals surface area (Å²) in [7, 11) is 0. The number of aromatic amines is 1. The summed E-state index contributed by atoms with van der Waals surface area (Å²) in [6, 6.07) is 0. The van der Waals surface area contributed by atoms with Crippen molar-refractivity contribution in [3.8, 4) is 0 Å². The first-order valence-corrected chi connectivity index (χ1v) is 5.32. The van der Waals surface area contributed by atoms with Crippen molar-refractivity contribution < 1.29 is 0 Å². The topological polar surface area (TPSA) is 61.9 Å². The summed E-state index contributed by atoms with van der Waals surface area (Å²) in [5.41, 5.74) is -0.377. The number of hydrogen-bond acceptors (Lipinski definition) is 4. The van der Waals surface area contributed by atoms with Gasteiger partial charge in [0.1, 0.15) is 0 Å². The first kappa shape index (κ1) is 10.1. The Bertz CT molecular complexity index is 379. The third-order valence-electron chi connectivity index (χ3n) is 2.75. The molecule has 5 nitrogen and oxygen atoms in total. The van der Waals surface area contributed by atoms with Gasteiger partial charge in [-0.05, 0) is 18.3 Å². The minimum Gasteiger partial charge on any atom is -0.355 e. The van der Waals surface area contributed by atoms with Gasteiger partial charge in [0.25, 0.3) is 0 Å². The molecule has 1 aliphatic rings. The molecule has 0 unspecified atom stereocenters. The second-order valence-electron chi connectivity index (χ2n) is 4.50. The van der Waals surface area contributed by atoms with Gasteiger partial charge in [-0.25, -0.2) is 9.89 Å². The zero-order chi connectivity index (χ0) is 10.8. The fraction of sp³-hybridized carbons (Fsp3) is 0.700. The van der Waals surface area contributed by atoms with Crippen LogP contribution in [0, 0.1) is 11.8 Å². The summed E-state index contributed by atoms with van der Waals surface area (Å²) in [4.78, 5) is 17.1. The molecular formula is C10H16N4O. The van der Waals surface area contributed by atoms with Gasteiger partial charge in [0.15, 0.2) is 5.82 Å². The fourth-order valence-corrected chi connectivity index (χ4v) is 2.31. The minimum absolute atomic E-state index is 0.377. The summed E-state index contributed by atoms with van der Waals surface area (Å²) < 4.78 is 0. The highest BCUT2D eigenvalue weighted by atomic mass is 16.1. The van der Waals surface area contributed by atoms with Crippen LogP contribution < -0.4 is 10.6 Å². The van der Waals surface area contributed by atoms with Gasteiger partial charge in [-0.15, -0.1) is 0 Å². The lowest BCUT2D eigenvalue weighted by Crippen LogP contribution is -2.40. The second-order valence-corrected chi connectivity index (χ2v) is 4.50. The Kier molecular flexibility index (Phi) is 2.70. The van der Waals surface area contributed by atoms with Crippen LogP contribution in [0.25, 0.3) is 0 Å². The monoisotopic (exact) mass is 208 g/mol. The Morgan fingerprint density at radius 2 is 2.07 bits per heavy atom. The van der Waals surface area contributed by atoms with Crippen LogP contribution in [0.1, 0.15) is 20.3 Å². The third kappa shape index (κ3) is 2.34. The molecule has 2 rings (SSSR count). The lowest BCUT2D eigenvalue weighted by Gasteiger charge is -2.35. The Labute approximate surface area is 88.5 Å². The number of anilines is 1. The number of nitrogens with zero attached hydrogens (tertiary/aromatic N) is 3. The molecule has 82 valence electrons. The van der Waals surface area contributed by atoms with Crippen LogP contribution in [0.3, 0.4) is 0 Å². The molecule has 0 radical (unpaired) electrons. The average molecular weight is 208 g/mol. The SMILES string of the molecule is C[C@H]1C[C@H](C)CN(c2cn[nH]c(=O)n2)C1. The zero-order valence-corrected chi connectivity index (χ0v) is 9.10. The van der Waals surface area contributed by atoms with Crippen molar-refractivity contribution in [1.29, 1.82) is 0 Å². The highest BCUT2D eigenvalue weighted by molar-refractivity contribution is 5.35. The Balaban J connectivity index is 2.19. The van der Waals surface area contributed by atoms with Gasteiger partial charge in [-0.2, -0.15) is 10.1 Å². The summed E-state index contributed by atoms with van der Waals surface area (Å²) >= 11 is 0. The van der Waals surface area contributed by atoms with Crippen LogP contribution in [-0.2, 0) is 0 Å². The molecule has 1 aliphatic heterocycles. The molecule has 0 spiro atoms. The van der Waals surface area contributed by atoms with Crippen LogP contribution in [-0.4, -0.2) is 28.3 Å². The predicted octanol–water partition coefficient (Wildman–Crippen LogP) is 0.647. The Hall–Kier alpha value is -1.39. The summed E-state index contributed by atoms with van der Waals surface area (Å²) in [5, 5.41) is 6.06. The standard InChI is InChI=1S/C10H16N4O/c1-7-3-8(2)6-14(5-7)9-4-11-13-10(15)12-9/h4,7-8H,3,5-6H2,1-2H3,(H,12,13,15)/t7-,8-/m0/s1. The van der Waals surface area contributed by atoms with Crippen LogP contribution in [0.2, 0.25) is 0 Å². The average Bonchev–Trinajstić information content (AvgIpc) is 2.16. The molecule has 1 saturated heterocycles. The molecule has 0 saturated carbocycles. The molecule has 1 N–H and O–H groups in total. The molecule has 1 aromatic rings. The summed E-state index contributed by atoms with van der Waals surface area (Å²) in [6.45, 7) is 6.37. The van der Waals surface area contributed by atoms with E-state index in [1.165, 1.54) is 6.42 Å². The Morgan fingerprint density at radius 3 is 2.67 bits per heavy atom. The molecule has 0 aromatic carbocycles. The van der Waals surface area contributed by atoms with Gasteiger partial charge in [0, 0.05) is 13.1 Å². The summed E-state index contributed by atoms with van der Waals surface area (Å²) in [5.74, 6) is 1.99. The van der Waals surface area contributed by atoms with Gasteiger partial charge in [-0.1, -0.05) is 13.8 Å². The van der Waals surface area contributed by atoms with E-state index in [-0.39, 0.29) is 5.69 Å². The van der Waals surface area contributed by atoms with Crippen LogP contribution >= 0.6 is 0 Å². The number of aromatic nitrogens is 3. The van der Waals surface area contributed by atoms with Crippen molar-refractivity contribution in [2.75, 3.05) is 18.0 Å². The lowest BCUT2D eigenvalue weighted by atomic mass is 9.92. The van der Waals surface area contributed by atoms with Gasteiger partial charge >= 0.3 is 5.69 Å². The first-order chi connectivity index (χ1) is 7.15. The van der Waals surface area contributed by atoms with Crippen molar-refractivity contribution in [2.45, 2.75) is 20.3 Å². The number of hydrogen-bond donors (Lipinski definition) is 1. The quantitative estimate of drug-likeness (QED) is 0.736. The minimum atomic E-state index is -0.377. The van der Waals surface area contributed by atoms with Gasteiger partial charge in [0.2, 0.25) is 0 Å². The van der Waals surface area contributed by atoms with E-state index >= 15 is 0 Å². The van der Waals surface area contributed by atoms with Crippen LogP contribution in [0.5, 0.6) is 0 Å². The predicted molar refractivity (Wildman–Crippen MR) is 57.8 cm³/mol. The maximum Gasteiger partial charge on any atom is 0.363 e. The Morgan fingerprint density at radius 1 is 1.40 bits per heavy atom. The summed E-state index contributed by atoms with van der Waals surface area (Å²) in [6.07, 6.45) is 2.86. The molecule has 1 aromatic heterocycles. The maximum atomic E-state index is 11.0. The number of piperidine rings is 1. The molecule has 1 fully saturated rings. The van der Waals surface area contributed by atoms with Crippen molar-refractivity contribution in [2.24, 2.45) is 11.8 Å². The van der Waals surface area contributed by atoms with E-state index in [1.54, 1.807) is 6.20 Å².